The summed E-state index contributed by atoms with van der Waals surface area (Å²) in [6.07, 6.45) is -5.67. The number of ether oxygens (including phenoxy) is 1. The standard InChI is InChI=1S/C11H10F5N3OS/c1-5-3-6-7(18-9(17-2)19-8(6)21-5)20-4-10(12,13)11(14,15)16/h3H,4H2,1-2H3,(H,17,18,19). The Morgan fingerprint density at radius 1 is 1.24 bits per heavy atom. The van der Waals surface area contributed by atoms with Crippen molar-refractivity contribution in [1.29, 1.82) is 0 Å². The second-order valence-electron chi connectivity index (χ2n) is 4.17. The zero-order valence-corrected chi connectivity index (χ0v) is 11.7. The summed E-state index contributed by atoms with van der Waals surface area (Å²) in [5, 5.41) is 2.89. The van der Waals surface area contributed by atoms with E-state index in [1.165, 1.54) is 18.4 Å². The molecule has 0 amide bonds. The van der Waals surface area contributed by atoms with Crippen LogP contribution in [0.3, 0.4) is 0 Å². The molecule has 2 aromatic heterocycles. The van der Waals surface area contributed by atoms with E-state index >= 15 is 0 Å². The van der Waals surface area contributed by atoms with Crippen molar-refractivity contribution in [2.24, 2.45) is 0 Å². The number of anilines is 1. The predicted octanol–water partition coefficient (Wildman–Crippen LogP) is 3.62. The maximum Gasteiger partial charge on any atom is 0.456 e. The number of rotatable bonds is 4. The molecule has 10 heteroatoms. The molecule has 0 saturated heterocycles. The van der Waals surface area contributed by atoms with Crippen molar-refractivity contribution in [1.82, 2.24) is 9.97 Å². The van der Waals surface area contributed by atoms with Crippen molar-refractivity contribution in [3.8, 4) is 5.88 Å². The maximum absolute atomic E-state index is 12.9. The summed E-state index contributed by atoms with van der Waals surface area (Å²) in [6.45, 7) is -0.0832. The lowest BCUT2D eigenvalue weighted by Crippen LogP contribution is -2.41. The third kappa shape index (κ3) is 3.14. The van der Waals surface area contributed by atoms with Crippen LogP contribution in [0.5, 0.6) is 5.88 Å². The van der Waals surface area contributed by atoms with Gasteiger partial charge in [-0.15, -0.1) is 11.3 Å². The van der Waals surface area contributed by atoms with Gasteiger partial charge in [0.2, 0.25) is 11.8 Å². The van der Waals surface area contributed by atoms with Gasteiger partial charge in [-0.25, -0.2) is 4.98 Å². The van der Waals surface area contributed by atoms with Crippen LogP contribution in [0.4, 0.5) is 27.9 Å². The fourth-order valence-electron chi connectivity index (χ4n) is 1.48. The van der Waals surface area contributed by atoms with E-state index in [2.05, 4.69) is 20.0 Å². The second kappa shape index (κ2) is 5.24. The van der Waals surface area contributed by atoms with Crippen molar-refractivity contribution in [3.63, 3.8) is 0 Å². The van der Waals surface area contributed by atoms with Gasteiger partial charge in [-0.3, -0.25) is 0 Å². The molecule has 21 heavy (non-hydrogen) atoms. The highest BCUT2D eigenvalue weighted by Crippen LogP contribution is 2.37. The Balaban J connectivity index is 2.33. The molecule has 1 N–H and O–H groups in total. The van der Waals surface area contributed by atoms with Gasteiger partial charge in [0.15, 0.2) is 6.61 Å². The Bertz CT molecular complexity index is 655. The molecule has 116 valence electrons. The lowest BCUT2D eigenvalue weighted by atomic mass is 10.3. The minimum atomic E-state index is -5.67. The van der Waals surface area contributed by atoms with Crippen LogP contribution in [-0.2, 0) is 0 Å². The summed E-state index contributed by atoms with van der Waals surface area (Å²) < 4.78 is 66.8. The summed E-state index contributed by atoms with van der Waals surface area (Å²) in [6, 6.07) is 1.57. The summed E-state index contributed by atoms with van der Waals surface area (Å²) in [5.74, 6) is -5.18. The fraction of sp³-hybridized carbons (Fsp3) is 0.455. The molecule has 2 heterocycles. The van der Waals surface area contributed by atoms with E-state index in [9.17, 15) is 22.0 Å². The summed E-state index contributed by atoms with van der Waals surface area (Å²) >= 11 is 1.25. The van der Waals surface area contributed by atoms with Crippen LogP contribution in [0.15, 0.2) is 6.07 Å². The van der Waals surface area contributed by atoms with Gasteiger partial charge < -0.3 is 10.1 Å². The van der Waals surface area contributed by atoms with E-state index in [1.54, 1.807) is 13.0 Å². The minimum Gasteiger partial charge on any atom is -0.470 e. The third-order valence-corrected chi connectivity index (χ3v) is 3.45. The third-order valence-electron chi connectivity index (χ3n) is 2.51. The van der Waals surface area contributed by atoms with Gasteiger partial charge in [-0.2, -0.15) is 26.9 Å². The Hall–Kier alpha value is -1.71. The van der Waals surface area contributed by atoms with Crippen molar-refractivity contribution < 1.29 is 26.7 Å². The van der Waals surface area contributed by atoms with Gasteiger partial charge in [-0.1, -0.05) is 0 Å². The number of hydrogen-bond donors (Lipinski definition) is 1. The molecule has 0 bridgehead atoms. The van der Waals surface area contributed by atoms with Crippen molar-refractivity contribution in [3.05, 3.63) is 10.9 Å². The van der Waals surface area contributed by atoms with E-state index in [-0.39, 0.29) is 11.8 Å². The first kappa shape index (κ1) is 15.7. The number of hydrogen-bond acceptors (Lipinski definition) is 5. The number of halogens is 5. The maximum atomic E-state index is 12.9. The first-order chi connectivity index (χ1) is 9.64. The van der Waals surface area contributed by atoms with Crippen LogP contribution in [0.25, 0.3) is 10.2 Å². The molecule has 0 atom stereocenters. The number of aryl methyl sites for hydroxylation is 1. The van der Waals surface area contributed by atoms with Crippen molar-refractivity contribution in [2.75, 3.05) is 19.0 Å². The van der Waals surface area contributed by atoms with Crippen LogP contribution in [0, 0.1) is 6.92 Å². The molecular formula is C11H10F5N3OS. The normalized spacial score (nSPS) is 12.7. The fourth-order valence-corrected chi connectivity index (χ4v) is 2.35. The first-order valence-electron chi connectivity index (χ1n) is 5.67. The average Bonchev–Trinajstić information content (AvgIpc) is 2.74. The smallest absolute Gasteiger partial charge is 0.456 e. The predicted molar refractivity (Wildman–Crippen MR) is 68.2 cm³/mol. The molecule has 0 aliphatic heterocycles. The Morgan fingerprint density at radius 2 is 1.90 bits per heavy atom. The van der Waals surface area contributed by atoms with Crippen molar-refractivity contribution in [2.45, 2.75) is 19.0 Å². The van der Waals surface area contributed by atoms with Crippen LogP contribution in [-0.4, -0.2) is 35.7 Å². The number of nitrogens with one attached hydrogen (secondary N) is 1. The van der Waals surface area contributed by atoms with Gasteiger partial charge in [0.1, 0.15) is 4.83 Å². The molecule has 2 rings (SSSR count). The number of thiophene rings is 1. The molecule has 0 spiro atoms. The molecule has 2 aromatic rings. The number of alkyl halides is 5. The van der Waals surface area contributed by atoms with Gasteiger partial charge >= 0.3 is 12.1 Å². The Kier molecular flexibility index (Phi) is 3.91. The Labute approximate surface area is 120 Å². The van der Waals surface area contributed by atoms with Crippen molar-refractivity contribution >= 4 is 27.5 Å². The van der Waals surface area contributed by atoms with Crippen LogP contribution in [0.2, 0.25) is 0 Å². The molecule has 0 unspecified atom stereocenters. The molecule has 0 fully saturated rings. The van der Waals surface area contributed by atoms with Crippen LogP contribution < -0.4 is 10.1 Å². The second-order valence-corrected chi connectivity index (χ2v) is 5.40. The van der Waals surface area contributed by atoms with E-state index in [0.29, 0.717) is 10.2 Å². The van der Waals surface area contributed by atoms with Gasteiger partial charge in [0.05, 0.1) is 5.39 Å². The van der Waals surface area contributed by atoms with Gasteiger partial charge in [-0.05, 0) is 13.0 Å². The largest absolute Gasteiger partial charge is 0.470 e. The highest BCUT2D eigenvalue weighted by Gasteiger charge is 2.58. The van der Waals surface area contributed by atoms with Gasteiger partial charge in [0, 0.05) is 11.9 Å². The quantitative estimate of drug-likeness (QED) is 0.872. The van der Waals surface area contributed by atoms with E-state index in [4.69, 9.17) is 0 Å². The summed E-state index contributed by atoms with van der Waals surface area (Å²) in [7, 11) is 1.50. The summed E-state index contributed by atoms with van der Waals surface area (Å²) in [4.78, 5) is 9.10. The number of fused-ring (bicyclic) bond motifs is 1. The van der Waals surface area contributed by atoms with Gasteiger partial charge in [0.25, 0.3) is 0 Å². The number of aromatic nitrogens is 2. The van der Waals surface area contributed by atoms with E-state index in [1.807, 2.05) is 0 Å². The minimum absolute atomic E-state index is 0.0784. The average molecular weight is 327 g/mol. The molecule has 0 aliphatic rings. The lowest BCUT2D eigenvalue weighted by Gasteiger charge is -2.19. The molecule has 0 radical (unpaired) electrons. The zero-order chi connectivity index (χ0) is 15.8. The number of nitrogens with zero attached hydrogens (tertiary/aromatic N) is 2. The topological polar surface area (TPSA) is 47.0 Å². The SMILES string of the molecule is CNc1nc(OCC(F)(F)C(F)(F)F)c2cc(C)sc2n1. The monoisotopic (exact) mass is 327 g/mol. The zero-order valence-electron chi connectivity index (χ0n) is 10.9. The van der Waals surface area contributed by atoms with Crippen LogP contribution >= 0.6 is 11.3 Å². The molecule has 4 nitrogen and oxygen atoms in total. The lowest BCUT2D eigenvalue weighted by molar-refractivity contribution is -0.290. The molecule has 0 saturated carbocycles. The summed E-state index contributed by atoms with van der Waals surface area (Å²) in [5.41, 5.74) is 0. The van der Waals surface area contributed by atoms with E-state index < -0.39 is 18.7 Å². The first-order valence-corrected chi connectivity index (χ1v) is 6.49. The highest BCUT2D eigenvalue weighted by molar-refractivity contribution is 7.18. The molecule has 0 aliphatic carbocycles. The molecular weight excluding hydrogens is 317 g/mol. The van der Waals surface area contributed by atoms with Crippen LogP contribution in [0.1, 0.15) is 4.88 Å². The molecule has 0 aromatic carbocycles. The van der Waals surface area contributed by atoms with E-state index in [0.717, 1.165) is 4.88 Å². The highest BCUT2D eigenvalue weighted by atomic mass is 32.1. The Morgan fingerprint density at radius 3 is 2.48 bits per heavy atom.